The van der Waals surface area contributed by atoms with Gasteiger partial charge in [-0.25, -0.2) is 4.79 Å². The second-order valence-corrected chi connectivity index (χ2v) is 12.6. The van der Waals surface area contributed by atoms with Gasteiger partial charge in [-0.3, -0.25) is 4.79 Å². The lowest BCUT2D eigenvalue weighted by molar-refractivity contribution is -0.207. The van der Waals surface area contributed by atoms with Gasteiger partial charge < -0.3 is 9.47 Å². The van der Waals surface area contributed by atoms with E-state index >= 15 is 0 Å². The molecule has 8 bridgehead atoms. The van der Waals surface area contributed by atoms with Crippen molar-refractivity contribution >= 4 is 11.9 Å². The molecular weight excluding hydrogens is 388 g/mol. The summed E-state index contributed by atoms with van der Waals surface area (Å²) in [6.45, 7) is 8.49. The number of hydrogen-bond acceptors (Lipinski definition) is 4. The topological polar surface area (TPSA) is 52.6 Å². The lowest BCUT2D eigenvalue weighted by atomic mass is 9.50. The SMILES string of the molecule is C=C(CC(=O)OC12CC3CC(CC(C3)C1C)C2)C(=O)OC12CC3CC(CC(C3)C1C)C2. The zero-order chi connectivity index (χ0) is 21.5. The van der Waals surface area contributed by atoms with Crippen molar-refractivity contribution in [2.75, 3.05) is 0 Å². The Bertz CT molecular complexity index is 786. The largest absolute Gasteiger partial charge is 0.458 e. The zero-order valence-electron chi connectivity index (χ0n) is 19.2. The van der Waals surface area contributed by atoms with E-state index in [2.05, 4.69) is 20.4 Å². The molecule has 0 N–H and O–H groups in total. The average Bonchev–Trinajstić information content (AvgIpc) is 2.68. The van der Waals surface area contributed by atoms with Crippen LogP contribution < -0.4 is 0 Å². The quantitative estimate of drug-likeness (QED) is 0.433. The van der Waals surface area contributed by atoms with Crippen LogP contribution >= 0.6 is 0 Å². The first-order valence-electron chi connectivity index (χ1n) is 12.9. The summed E-state index contributed by atoms with van der Waals surface area (Å²) in [6, 6.07) is 0. The van der Waals surface area contributed by atoms with Crippen molar-refractivity contribution in [2.24, 2.45) is 47.3 Å². The molecule has 8 rings (SSSR count). The first kappa shape index (κ1) is 20.3. The molecule has 0 aliphatic heterocycles. The van der Waals surface area contributed by atoms with Crippen LogP contribution in [0.15, 0.2) is 12.2 Å². The van der Waals surface area contributed by atoms with Crippen LogP contribution in [-0.2, 0) is 19.1 Å². The molecule has 0 spiro atoms. The number of ether oxygens (including phenoxy) is 2. The van der Waals surface area contributed by atoms with Crippen LogP contribution in [0.5, 0.6) is 0 Å². The van der Waals surface area contributed by atoms with E-state index in [9.17, 15) is 9.59 Å². The van der Waals surface area contributed by atoms with E-state index < -0.39 is 0 Å². The van der Waals surface area contributed by atoms with Crippen molar-refractivity contribution in [3.63, 3.8) is 0 Å². The highest BCUT2D eigenvalue weighted by Crippen LogP contribution is 2.61. The normalized spacial score (nSPS) is 51.0. The second-order valence-electron chi connectivity index (χ2n) is 12.6. The van der Waals surface area contributed by atoms with Gasteiger partial charge in [-0.1, -0.05) is 20.4 Å². The Morgan fingerprint density at radius 1 is 0.742 bits per heavy atom. The van der Waals surface area contributed by atoms with E-state index in [-0.39, 0.29) is 35.1 Å². The standard InChI is InChI=1S/C27H38O4/c1-15(25(29)31-27-13-20-6-21(14-27)10-23(9-20)17(27)3)4-24(28)30-26-11-18-5-19(12-26)8-22(7-18)16(26)2/h16-23H,1,4-14H2,2-3H3. The molecular formula is C27H38O4. The molecule has 0 saturated heterocycles. The number of hydrogen-bond donors (Lipinski definition) is 0. The number of rotatable bonds is 5. The highest BCUT2D eigenvalue weighted by Gasteiger charge is 2.59. The Labute approximate surface area is 186 Å². The molecule has 0 heterocycles. The minimum absolute atomic E-state index is 0.0337. The van der Waals surface area contributed by atoms with Gasteiger partial charge in [-0.2, -0.15) is 0 Å². The summed E-state index contributed by atoms with van der Waals surface area (Å²) in [4.78, 5) is 25.9. The highest BCUT2D eigenvalue weighted by molar-refractivity contribution is 5.93. The Morgan fingerprint density at radius 2 is 1.16 bits per heavy atom. The third-order valence-corrected chi connectivity index (χ3v) is 10.7. The molecule has 8 aliphatic carbocycles. The zero-order valence-corrected chi connectivity index (χ0v) is 19.2. The molecule has 0 aromatic heterocycles. The van der Waals surface area contributed by atoms with Crippen LogP contribution in [0.25, 0.3) is 0 Å². The van der Waals surface area contributed by atoms with Gasteiger partial charge in [0.1, 0.15) is 11.2 Å². The van der Waals surface area contributed by atoms with Crippen LogP contribution in [0, 0.1) is 47.3 Å². The highest BCUT2D eigenvalue weighted by atomic mass is 16.6. The summed E-state index contributed by atoms with van der Waals surface area (Å²) in [5.41, 5.74) is -0.359. The molecule has 6 atom stereocenters. The maximum absolute atomic E-state index is 13.0. The molecule has 4 heteroatoms. The first-order chi connectivity index (χ1) is 14.8. The summed E-state index contributed by atoms with van der Waals surface area (Å²) in [5, 5.41) is 0. The number of carbonyl (C=O) groups excluding carboxylic acids is 2. The second kappa shape index (κ2) is 6.84. The van der Waals surface area contributed by atoms with Crippen molar-refractivity contribution < 1.29 is 19.1 Å². The van der Waals surface area contributed by atoms with Crippen molar-refractivity contribution in [1.82, 2.24) is 0 Å². The summed E-state index contributed by atoms with van der Waals surface area (Å²) < 4.78 is 12.4. The monoisotopic (exact) mass is 426 g/mol. The van der Waals surface area contributed by atoms with Crippen LogP contribution in [0.4, 0.5) is 0 Å². The summed E-state index contributed by atoms with van der Waals surface area (Å²) >= 11 is 0. The molecule has 31 heavy (non-hydrogen) atoms. The third-order valence-electron chi connectivity index (χ3n) is 10.7. The van der Waals surface area contributed by atoms with Crippen LogP contribution in [-0.4, -0.2) is 23.1 Å². The van der Waals surface area contributed by atoms with Crippen molar-refractivity contribution in [3.8, 4) is 0 Å². The van der Waals surface area contributed by atoms with Gasteiger partial charge in [0.2, 0.25) is 0 Å². The minimum Gasteiger partial charge on any atom is -0.458 e. The molecule has 6 unspecified atom stereocenters. The fourth-order valence-corrected chi connectivity index (χ4v) is 9.56. The van der Waals surface area contributed by atoms with E-state index in [1.54, 1.807) is 0 Å². The molecule has 0 aromatic rings. The number of carbonyl (C=O) groups is 2. The van der Waals surface area contributed by atoms with E-state index in [0.29, 0.717) is 47.3 Å². The van der Waals surface area contributed by atoms with Crippen LogP contribution in [0.1, 0.15) is 84.5 Å². The molecule has 0 radical (unpaired) electrons. The Kier molecular flexibility index (Phi) is 4.48. The van der Waals surface area contributed by atoms with Crippen molar-refractivity contribution in [1.29, 1.82) is 0 Å². The molecule has 170 valence electrons. The molecule has 8 aliphatic rings. The van der Waals surface area contributed by atoms with Gasteiger partial charge in [-0.05, 0) is 112 Å². The van der Waals surface area contributed by atoms with Gasteiger partial charge in [0.25, 0.3) is 0 Å². The Hall–Kier alpha value is -1.32. The summed E-state index contributed by atoms with van der Waals surface area (Å²) in [7, 11) is 0. The first-order valence-corrected chi connectivity index (χ1v) is 12.9. The predicted molar refractivity (Wildman–Crippen MR) is 117 cm³/mol. The summed E-state index contributed by atoms with van der Waals surface area (Å²) in [6.07, 6.45) is 11.8. The van der Waals surface area contributed by atoms with E-state index in [1.807, 2.05) is 0 Å². The van der Waals surface area contributed by atoms with Crippen molar-refractivity contribution in [3.05, 3.63) is 12.2 Å². The van der Waals surface area contributed by atoms with E-state index in [1.165, 1.54) is 38.5 Å². The fourth-order valence-electron chi connectivity index (χ4n) is 9.56. The minimum atomic E-state index is -0.371. The third kappa shape index (κ3) is 3.14. The summed E-state index contributed by atoms with van der Waals surface area (Å²) in [5.74, 6) is 4.42. The Balaban J connectivity index is 1.10. The lowest BCUT2D eigenvalue weighted by Crippen LogP contribution is -2.58. The Morgan fingerprint density at radius 3 is 1.61 bits per heavy atom. The maximum Gasteiger partial charge on any atom is 0.334 e. The van der Waals surface area contributed by atoms with Gasteiger partial charge in [0.05, 0.1) is 6.42 Å². The van der Waals surface area contributed by atoms with Crippen molar-refractivity contribution in [2.45, 2.75) is 95.7 Å². The predicted octanol–water partition coefficient (Wildman–Crippen LogP) is 5.45. The number of esters is 2. The molecule has 0 aromatic carbocycles. The van der Waals surface area contributed by atoms with E-state index in [0.717, 1.165) is 25.7 Å². The maximum atomic E-state index is 13.0. The molecule has 4 nitrogen and oxygen atoms in total. The molecule has 8 fully saturated rings. The lowest BCUT2D eigenvalue weighted by Gasteiger charge is -2.59. The van der Waals surface area contributed by atoms with Gasteiger partial charge in [0, 0.05) is 5.57 Å². The van der Waals surface area contributed by atoms with E-state index in [4.69, 9.17) is 9.47 Å². The van der Waals surface area contributed by atoms with Gasteiger partial charge in [-0.15, -0.1) is 0 Å². The smallest absolute Gasteiger partial charge is 0.334 e. The molecule has 8 saturated carbocycles. The van der Waals surface area contributed by atoms with Gasteiger partial charge in [0.15, 0.2) is 0 Å². The molecule has 0 amide bonds. The van der Waals surface area contributed by atoms with Crippen LogP contribution in [0.2, 0.25) is 0 Å². The fraction of sp³-hybridized carbons (Fsp3) is 0.852. The van der Waals surface area contributed by atoms with Crippen LogP contribution in [0.3, 0.4) is 0 Å². The average molecular weight is 427 g/mol. The van der Waals surface area contributed by atoms with Gasteiger partial charge >= 0.3 is 11.9 Å².